The number of halogens is 1. The number of thiazole rings is 1. The molecule has 2 aromatic rings. The molecule has 0 atom stereocenters. The van der Waals surface area contributed by atoms with E-state index in [0.717, 1.165) is 9.90 Å². The first kappa shape index (κ1) is 13.2. The SMILES string of the molecule is COc1cccc(CSc2sc(N)nc2C)c1F. The van der Waals surface area contributed by atoms with Gasteiger partial charge >= 0.3 is 0 Å². The molecule has 0 aliphatic heterocycles. The minimum Gasteiger partial charge on any atom is -0.494 e. The van der Waals surface area contributed by atoms with Crippen LogP contribution in [0.4, 0.5) is 9.52 Å². The fourth-order valence-electron chi connectivity index (χ4n) is 1.51. The van der Waals surface area contributed by atoms with Gasteiger partial charge in [-0.3, -0.25) is 0 Å². The van der Waals surface area contributed by atoms with Gasteiger partial charge in [-0.25, -0.2) is 9.37 Å². The predicted molar refractivity (Wildman–Crippen MR) is 73.8 cm³/mol. The number of hydrogen-bond donors (Lipinski definition) is 1. The summed E-state index contributed by atoms with van der Waals surface area (Å²) in [6, 6.07) is 5.15. The highest BCUT2D eigenvalue weighted by Gasteiger charge is 2.11. The van der Waals surface area contributed by atoms with Gasteiger partial charge in [0.15, 0.2) is 16.7 Å². The predicted octanol–water partition coefficient (Wildman–Crippen LogP) is 3.47. The Bertz CT molecular complexity index is 557. The molecule has 0 amide bonds. The number of anilines is 1. The second-order valence-corrected chi connectivity index (χ2v) is 5.92. The van der Waals surface area contributed by atoms with E-state index < -0.39 is 0 Å². The van der Waals surface area contributed by atoms with Gasteiger partial charge < -0.3 is 10.5 Å². The van der Waals surface area contributed by atoms with E-state index in [0.29, 0.717) is 16.4 Å². The molecule has 0 bridgehead atoms. The number of hydrogen-bond acceptors (Lipinski definition) is 5. The standard InChI is InChI=1S/C12H13FN2OS2/c1-7-11(18-12(14)15-7)17-6-8-4-3-5-9(16-2)10(8)13/h3-5H,6H2,1-2H3,(H2,14,15). The van der Waals surface area contributed by atoms with E-state index >= 15 is 0 Å². The second kappa shape index (κ2) is 5.58. The van der Waals surface area contributed by atoms with Crippen LogP contribution in [0.1, 0.15) is 11.3 Å². The van der Waals surface area contributed by atoms with Crippen LogP contribution in [-0.4, -0.2) is 12.1 Å². The van der Waals surface area contributed by atoms with Crippen molar-refractivity contribution in [3.8, 4) is 5.75 Å². The molecule has 2 N–H and O–H groups in total. The fourth-order valence-corrected chi connectivity index (χ4v) is 3.50. The Morgan fingerprint density at radius 3 is 2.89 bits per heavy atom. The molecule has 96 valence electrons. The van der Waals surface area contributed by atoms with Crippen molar-refractivity contribution in [2.45, 2.75) is 16.9 Å². The zero-order chi connectivity index (χ0) is 13.1. The van der Waals surface area contributed by atoms with Gasteiger partial charge in [0.1, 0.15) is 0 Å². The molecule has 0 aliphatic carbocycles. The van der Waals surface area contributed by atoms with Gasteiger partial charge in [0.05, 0.1) is 17.0 Å². The number of thioether (sulfide) groups is 1. The normalized spacial score (nSPS) is 10.6. The summed E-state index contributed by atoms with van der Waals surface area (Å²) in [4.78, 5) is 4.14. The molecule has 3 nitrogen and oxygen atoms in total. The van der Waals surface area contributed by atoms with Crippen LogP contribution in [0.3, 0.4) is 0 Å². The Labute approximate surface area is 113 Å². The lowest BCUT2D eigenvalue weighted by Crippen LogP contribution is -1.93. The molecule has 1 aromatic carbocycles. The fraction of sp³-hybridized carbons (Fsp3) is 0.250. The molecule has 18 heavy (non-hydrogen) atoms. The first-order chi connectivity index (χ1) is 8.61. The third kappa shape index (κ3) is 2.76. The smallest absolute Gasteiger partial charge is 0.181 e. The molecular formula is C12H13FN2OS2. The van der Waals surface area contributed by atoms with Crippen LogP contribution >= 0.6 is 23.1 Å². The highest BCUT2D eigenvalue weighted by atomic mass is 32.2. The van der Waals surface area contributed by atoms with E-state index in [1.165, 1.54) is 30.2 Å². The maximum absolute atomic E-state index is 13.9. The lowest BCUT2D eigenvalue weighted by atomic mass is 10.2. The van der Waals surface area contributed by atoms with Gasteiger partial charge in [0.2, 0.25) is 0 Å². The summed E-state index contributed by atoms with van der Waals surface area (Å²) in [5.41, 5.74) is 7.13. The summed E-state index contributed by atoms with van der Waals surface area (Å²) in [6.07, 6.45) is 0. The van der Waals surface area contributed by atoms with Crippen LogP contribution in [-0.2, 0) is 5.75 Å². The Kier molecular flexibility index (Phi) is 4.08. The molecule has 0 radical (unpaired) electrons. The van der Waals surface area contributed by atoms with Crippen molar-refractivity contribution in [1.29, 1.82) is 0 Å². The zero-order valence-corrected chi connectivity index (χ0v) is 11.7. The van der Waals surface area contributed by atoms with E-state index in [-0.39, 0.29) is 11.6 Å². The number of nitrogens with two attached hydrogens (primary N) is 1. The first-order valence-corrected chi connectivity index (χ1v) is 7.09. The average molecular weight is 284 g/mol. The zero-order valence-electron chi connectivity index (χ0n) is 10.1. The highest BCUT2D eigenvalue weighted by Crippen LogP contribution is 2.34. The minimum absolute atomic E-state index is 0.272. The topological polar surface area (TPSA) is 48.1 Å². The van der Waals surface area contributed by atoms with Crippen molar-refractivity contribution in [3.05, 3.63) is 35.3 Å². The van der Waals surface area contributed by atoms with E-state index in [1.54, 1.807) is 18.2 Å². The summed E-state index contributed by atoms with van der Waals surface area (Å²) in [5.74, 6) is 0.502. The number of aryl methyl sites for hydroxylation is 1. The van der Waals surface area contributed by atoms with Crippen molar-refractivity contribution < 1.29 is 9.13 Å². The van der Waals surface area contributed by atoms with Crippen LogP contribution in [0.25, 0.3) is 0 Å². The molecule has 0 saturated carbocycles. The van der Waals surface area contributed by atoms with Gasteiger partial charge in [0.25, 0.3) is 0 Å². The Balaban J connectivity index is 2.13. The third-order valence-electron chi connectivity index (χ3n) is 2.39. The Hall–Kier alpha value is -1.27. The summed E-state index contributed by atoms with van der Waals surface area (Å²) < 4.78 is 19.9. The van der Waals surface area contributed by atoms with Crippen LogP contribution in [0.15, 0.2) is 22.4 Å². The summed E-state index contributed by atoms with van der Waals surface area (Å²) in [6.45, 7) is 1.90. The molecule has 0 aliphatic rings. The number of methoxy groups -OCH3 is 1. The van der Waals surface area contributed by atoms with Gasteiger partial charge in [-0.2, -0.15) is 0 Å². The van der Waals surface area contributed by atoms with E-state index in [4.69, 9.17) is 10.5 Å². The van der Waals surface area contributed by atoms with E-state index in [2.05, 4.69) is 4.98 Å². The quantitative estimate of drug-likeness (QED) is 0.873. The van der Waals surface area contributed by atoms with Crippen LogP contribution in [0.5, 0.6) is 5.75 Å². The van der Waals surface area contributed by atoms with E-state index in [9.17, 15) is 4.39 Å². The highest BCUT2D eigenvalue weighted by molar-refractivity contribution is 8.00. The van der Waals surface area contributed by atoms with Gasteiger partial charge in [-0.1, -0.05) is 23.5 Å². The van der Waals surface area contributed by atoms with Crippen LogP contribution in [0, 0.1) is 12.7 Å². The van der Waals surface area contributed by atoms with Crippen molar-refractivity contribution >= 4 is 28.2 Å². The third-order valence-corrected chi connectivity index (χ3v) is 4.79. The number of ether oxygens (including phenoxy) is 1. The number of nitrogen functional groups attached to an aromatic ring is 1. The van der Waals surface area contributed by atoms with Crippen molar-refractivity contribution in [2.24, 2.45) is 0 Å². The van der Waals surface area contributed by atoms with Gasteiger partial charge in [-0.05, 0) is 13.0 Å². The summed E-state index contributed by atoms with van der Waals surface area (Å²) >= 11 is 2.96. The maximum Gasteiger partial charge on any atom is 0.181 e. The van der Waals surface area contributed by atoms with Crippen molar-refractivity contribution in [2.75, 3.05) is 12.8 Å². The second-order valence-electron chi connectivity index (χ2n) is 3.65. The summed E-state index contributed by atoms with van der Waals surface area (Å²) in [5, 5.41) is 0.543. The molecule has 0 unspecified atom stereocenters. The molecule has 0 fully saturated rings. The van der Waals surface area contributed by atoms with Crippen molar-refractivity contribution in [1.82, 2.24) is 4.98 Å². The van der Waals surface area contributed by atoms with Crippen LogP contribution in [0.2, 0.25) is 0 Å². The molecule has 1 aromatic heterocycles. The lowest BCUT2D eigenvalue weighted by Gasteiger charge is -2.06. The number of nitrogens with zero attached hydrogens (tertiary/aromatic N) is 1. The lowest BCUT2D eigenvalue weighted by molar-refractivity contribution is 0.385. The summed E-state index contributed by atoms with van der Waals surface area (Å²) in [7, 11) is 1.46. The average Bonchev–Trinajstić information content (AvgIpc) is 2.66. The van der Waals surface area contributed by atoms with Crippen molar-refractivity contribution in [3.63, 3.8) is 0 Å². The maximum atomic E-state index is 13.9. The molecule has 0 spiro atoms. The van der Waals surface area contributed by atoms with Crippen LogP contribution < -0.4 is 10.5 Å². The first-order valence-electron chi connectivity index (χ1n) is 5.29. The monoisotopic (exact) mass is 284 g/mol. The number of aromatic nitrogens is 1. The van der Waals surface area contributed by atoms with Gasteiger partial charge in [-0.15, -0.1) is 11.8 Å². The molecule has 1 heterocycles. The molecule has 6 heteroatoms. The molecule has 2 rings (SSSR count). The largest absolute Gasteiger partial charge is 0.494 e. The van der Waals surface area contributed by atoms with E-state index in [1.807, 2.05) is 6.92 Å². The molecular weight excluding hydrogens is 271 g/mol. The minimum atomic E-state index is -0.303. The number of rotatable bonds is 4. The Morgan fingerprint density at radius 2 is 2.28 bits per heavy atom. The Morgan fingerprint density at radius 1 is 1.50 bits per heavy atom. The number of benzene rings is 1. The molecule has 0 saturated heterocycles. The van der Waals surface area contributed by atoms with Gasteiger partial charge in [0, 0.05) is 11.3 Å².